The highest BCUT2D eigenvalue weighted by Crippen LogP contribution is 2.39. The first kappa shape index (κ1) is 26.3. The molecule has 196 valence electrons. The topological polar surface area (TPSA) is 118 Å². The highest BCUT2D eigenvalue weighted by Gasteiger charge is 2.31. The number of hydrogen-bond acceptors (Lipinski definition) is 7. The highest BCUT2D eigenvalue weighted by molar-refractivity contribution is 5.98. The summed E-state index contributed by atoms with van der Waals surface area (Å²) in [4.78, 5) is 15.2. The van der Waals surface area contributed by atoms with E-state index >= 15 is 0 Å². The molecule has 9 nitrogen and oxygen atoms in total. The minimum absolute atomic E-state index is 0.123. The van der Waals surface area contributed by atoms with Gasteiger partial charge in [-0.05, 0) is 90.6 Å². The zero-order valence-electron chi connectivity index (χ0n) is 22.2. The minimum Gasteiger partial charge on any atom is -0.494 e. The number of nitrogens with zero attached hydrogens (tertiary/aromatic N) is 4. The Morgan fingerprint density at radius 1 is 1.27 bits per heavy atom. The van der Waals surface area contributed by atoms with E-state index in [1.165, 1.54) is 4.90 Å². The van der Waals surface area contributed by atoms with E-state index in [1.54, 1.807) is 16.8 Å². The largest absolute Gasteiger partial charge is 0.494 e. The molecule has 37 heavy (non-hydrogen) atoms. The lowest BCUT2D eigenvalue weighted by molar-refractivity contribution is 0.0597. The van der Waals surface area contributed by atoms with Crippen LogP contribution in [-0.4, -0.2) is 40.0 Å². The first-order valence-electron chi connectivity index (χ1n) is 12.8. The number of carbonyl (C=O) groups is 1. The Morgan fingerprint density at radius 3 is 2.62 bits per heavy atom. The molecule has 0 spiro atoms. The average Bonchev–Trinajstić information content (AvgIpc) is 3.31. The van der Waals surface area contributed by atoms with Gasteiger partial charge in [-0.25, -0.2) is 14.2 Å². The van der Waals surface area contributed by atoms with Gasteiger partial charge in [0.25, 0.3) is 0 Å². The van der Waals surface area contributed by atoms with Gasteiger partial charge in [-0.15, -0.1) is 0 Å². The lowest BCUT2D eigenvalue weighted by atomic mass is 9.91. The van der Waals surface area contributed by atoms with E-state index in [-0.39, 0.29) is 12.1 Å². The molecule has 0 saturated heterocycles. The molecule has 1 fully saturated rings. The van der Waals surface area contributed by atoms with Crippen molar-refractivity contribution in [1.82, 2.24) is 9.61 Å². The fourth-order valence-electron chi connectivity index (χ4n) is 4.85. The van der Waals surface area contributed by atoms with E-state index in [4.69, 9.17) is 15.2 Å². The second kappa shape index (κ2) is 10.7. The summed E-state index contributed by atoms with van der Waals surface area (Å²) in [6.07, 6.45) is 4.89. The van der Waals surface area contributed by atoms with E-state index in [9.17, 15) is 10.1 Å². The quantitative estimate of drug-likeness (QED) is 0.444. The number of benzene rings is 1. The average molecular weight is 505 g/mol. The summed E-state index contributed by atoms with van der Waals surface area (Å²) in [5.41, 5.74) is 8.60. The number of nitriles is 1. The van der Waals surface area contributed by atoms with Crippen molar-refractivity contribution in [2.45, 2.75) is 78.0 Å². The Hall–Kier alpha value is -3.77. The fraction of sp³-hybridized carbons (Fsp3) is 0.464. The Bertz CT molecular complexity index is 1300. The molecule has 2 atom stereocenters. The lowest BCUT2D eigenvalue weighted by Gasteiger charge is -2.32. The third kappa shape index (κ3) is 5.65. The molecule has 2 heterocycles. The molecule has 0 bridgehead atoms. The SMILES string of the molecule is CCOc1ccc(N(C(=O)OC(C)(C)C)c2c(C)c(NC3CCCC(N)C3)c(C#N)c3ccnn23)cc1. The normalized spacial score (nSPS) is 17.8. The molecule has 2 unspecified atom stereocenters. The van der Waals surface area contributed by atoms with E-state index < -0.39 is 11.7 Å². The summed E-state index contributed by atoms with van der Waals surface area (Å²) in [7, 11) is 0. The van der Waals surface area contributed by atoms with Crippen molar-refractivity contribution in [2.24, 2.45) is 5.73 Å². The summed E-state index contributed by atoms with van der Waals surface area (Å²) in [5, 5.41) is 18.3. The molecule has 1 aliphatic rings. The maximum absolute atomic E-state index is 13.7. The van der Waals surface area contributed by atoms with Crippen molar-refractivity contribution in [1.29, 1.82) is 5.26 Å². The number of aromatic nitrogens is 2. The van der Waals surface area contributed by atoms with Crippen molar-refractivity contribution in [2.75, 3.05) is 16.8 Å². The lowest BCUT2D eigenvalue weighted by Crippen LogP contribution is -2.37. The van der Waals surface area contributed by atoms with Crippen LogP contribution in [0.1, 0.15) is 64.5 Å². The number of anilines is 3. The molecule has 1 aromatic carbocycles. The van der Waals surface area contributed by atoms with Gasteiger partial charge < -0.3 is 20.5 Å². The van der Waals surface area contributed by atoms with Crippen LogP contribution in [0.3, 0.4) is 0 Å². The van der Waals surface area contributed by atoms with Crippen molar-refractivity contribution in [3.63, 3.8) is 0 Å². The van der Waals surface area contributed by atoms with Gasteiger partial charge in [-0.2, -0.15) is 10.4 Å². The molecule has 1 amide bonds. The van der Waals surface area contributed by atoms with Crippen LogP contribution < -0.4 is 20.7 Å². The van der Waals surface area contributed by atoms with Gasteiger partial charge in [-0.1, -0.05) is 0 Å². The van der Waals surface area contributed by atoms with Crippen LogP contribution in [0.15, 0.2) is 36.5 Å². The molecular formula is C28H36N6O3. The minimum atomic E-state index is -0.719. The van der Waals surface area contributed by atoms with Crippen LogP contribution in [0.4, 0.5) is 22.0 Å². The number of rotatable bonds is 6. The second-order valence-corrected chi connectivity index (χ2v) is 10.4. The summed E-state index contributed by atoms with van der Waals surface area (Å²) >= 11 is 0. The van der Waals surface area contributed by atoms with Crippen molar-refractivity contribution < 1.29 is 14.3 Å². The first-order valence-corrected chi connectivity index (χ1v) is 12.8. The number of fused-ring (bicyclic) bond motifs is 1. The Morgan fingerprint density at radius 2 is 2.00 bits per heavy atom. The number of pyridine rings is 1. The van der Waals surface area contributed by atoms with Gasteiger partial charge in [0.05, 0.1) is 29.7 Å². The van der Waals surface area contributed by atoms with Crippen molar-refractivity contribution in [3.8, 4) is 11.8 Å². The molecule has 1 aliphatic carbocycles. The number of nitrogens with two attached hydrogens (primary N) is 1. The molecule has 3 aromatic rings. The van der Waals surface area contributed by atoms with Crippen LogP contribution in [0.5, 0.6) is 5.75 Å². The van der Waals surface area contributed by atoms with E-state index in [2.05, 4.69) is 16.5 Å². The van der Waals surface area contributed by atoms with E-state index in [0.29, 0.717) is 46.2 Å². The van der Waals surface area contributed by atoms with Crippen molar-refractivity contribution in [3.05, 3.63) is 47.7 Å². The molecule has 2 aromatic heterocycles. The van der Waals surface area contributed by atoms with Crippen LogP contribution in [0, 0.1) is 18.3 Å². The molecule has 1 saturated carbocycles. The monoisotopic (exact) mass is 504 g/mol. The predicted octanol–water partition coefficient (Wildman–Crippen LogP) is 5.67. The summed E-state index contributed by atoms with van der Waals surface area (Å²) in [5.74, 6) is 1.20. The predicted molar refractivity (Wildman–Crippen MR) is 144 cm³/mol. The smallest absolute Gasteiger partial charge is 0.420 e. The number of nitrogens with one attached hydrogen (secondary N) is 1. The number of carbonyl (C=O) groups excluding carboxylic acids is 1. The van der Waals surface area contributed by atoms with Crippen LogP contribution >= 0.6 is 0 Å². The number of amides is 1. The van der Waals surface area contributed by atoms with Gasteiger partial charge in [0.15, 0.2) is 0 Å². The summed E-state index contributed by atoms with van der Waals surface area (Å²) in [6, 6.07) is 11.7. The van der Waals surface area contributed by atoms with Crippen LogP contribution in [0.25, 0.3) is 5.52 Å². The first-order chi connectivity index (χ1) is 17.6. The standard InChI is InChI=1S/C28H36N6O3/c1-6-36-22-12-10-21(11-13-22)33(27(35)37-28(3,4)5)26-18(2)25(32-20-9-7-8-19(30)16-20)23(17-29)24-14-15-31-34(24)26/h10-15,19-20,32H,6-9,16,30H2,1-5H3. The molecule has 0 aliphatic heterocycles. The molecule has 4 rings (SSSR count). The second-order valence-electron chi connectivity index (χ2n) is 10.4. The van der Waals surface area contributed by atoms with Gasteiger partial charge in [0.2, 0.25) is 0 Å². The maximum atomic E-state index is 13.7. The van der Waals surface area contributed by atoms with Crippen LogP contribution in [-0.2, 0) is 4.74 Å². The van der Waals surface area contributed by atoms with E-state index in [1.807, 2.05) is 58.9 Å². The highest BCUT2D eigenvalue weighted by atomic mass is 16.6. The molecular weight excluding hydrogens is 468 g/mol. The Balaban J connectivity index is 1.90. The molecule has 0 radical (unpaired) electrons. The van der Waals surface area contributed by atoms with Gasteiger partial charge >= 0.3 is 6.09 Å². The van der Waals surface area contributed by atoms with Crippen molar-refractivity contribution >= 4 is 28.8 Å². The summed E-state index contributed by atoms with van der Waals surface area (Å²) < 4.78 is 13.1. The van der Waals surface area contributed by atoms with E-state index in [0.717, 1.165) is 25.7 Å². The zero-order chi connectivity index (χ0) is 26.7. The van der Waals surface area contributed by atoms with Gasteiger partial charge in [0, 0.05) is 17.6 Å². The number of ether oxygens (including phenoxy) is 2. The molecule has 3 N–H and O–H groups in total. The summed E-state index contributed by atoms with van der Waals surface area (Å²) in [6.45, 7) is 9.84. The van der Waals surface area contributed by atoms with Gasteiger partial charge in [0.1, 0.15) is 28.8 Å². The third-order valence-corrected chi connectivity index (χ3v) is 6.43. The fourth-order valence-corrected chi connectivity index (χ4v) is 4.85. The maximum Gasteiger partial charge on any atom is 0.420 e. The zero-order valence-corrected chi connectivity index (χ0v) is 22.2. The number of hydrogen-bond donors (Lipinski definition) is 2. The third-order valence-electron chi connectivity index (χ3n) is 6.43. The van der Waals surface area contributed by atoms with Crippen LogP contribution in [0.2, 0.25) is 0 Å². The van der Waals surface area contributed by atoms with Gasteiger partial charge in [-0.3, -0.25) is 0 Å². The Kier molecular flexibility index (Phi) is 7.60. The molecule has 9 heteroatoms. The Labute approximate surface area is 218 Å².